The zero-order valence-electron chi connectivity index (χ0n) is 17.5. The SMILES string of the molecule is CN1CCN(c2ccnc(Nc3ccc(N4CCC(O)CC4)c(F)c3)c2[N+](=O)[O-])CC1. The van der Waals surface area contributed by atoms with Crippen LogP contribution in [0.25, 0.3) is 0 Å². The molecule has 0 spiro atoms. The summed E-state index contributed by atoms with van der Waals surface area (Å²) in [6, 6.07) is 6.33. The van der Waals surface area contributed by atoms with Crippen molar-refractivity contribution in [2.24, 2.45) is 0 Å². The highest BCUT2D eigenvalue weighted by molar-refractivity contribution is 5.77. The second kappa shape index (κ2) is 9.03. The number of likely N-dealkylation sites (N-methyl/N-ethyl adjacent to an activating group) is 1. The number of halogens is 1. The van der Waals surface area contributed by atoms with Crippen LogP contribution >= 0.6 is 0 Å². The molecule has 1 aromatic heterocycles. The molecule has 0 aliphatic carbocycles. The molecule has 3 heterocycles. The fourth-order valence-electron chi connectivity index (χ4n) is 4.10. The molecular weight excluding hydrogens is 403 g/mol. The average Bonchev–Trinajstić information content (AvgIpc) is 2.75. The molecule has 31 heavy (non-hydrogen) atoms. The van der Waals surface area contributed by atoms with E-state index in [0.717, 1.165) is 13.1 Å². The number of piperidine rings is 1. The van der Waals surface area contributed by atoms with Gasteiger partial charge < -0.3 is 25.1 Å². The van der Waals surface area contributed by atoms with Crippen LogP contribution < -0.4 is 15.1 Å². The van der Waals surface area contributed by atoms with E-state index in [0.29, 0.717) is 56.1 Å². The topological polar surface area (TPSA) is 98.0 Å². The summed E-state index contributed by atoms with van der Waals surface area (Å²) in [5.74, 6) is -0.325. The van der Waals surface area contributed by atoms with Crippen LogP contribution in [0.3, 0.4) is 0 Å². The van der Waals surface area contributed by atoms with Gasteiger partial charge in [-0.1, -0.05) is 0 Å². The fourth-order valence-corrected chi connectivity index (χ4v) is 4.10. The second-order valence-electron chi connectivity index (χ2n) is 8.08. The summed E-state index contributed by atoms with van der Waals surface area (Å²) in [5.41, 5.74) is 1.26. The van der Waals surface area contributed by atoms with Crippen molar-refractivity contribution in [3.05, 3.63) is 46.4 Å². The van der Waals surface area contributed by atoms with Crippen molar-refractivity contribution in [2.75, 3.05) is 61.4 Å². The first-order chi connectivity index (χ1) is 14.9. The van der Waals surface area contributed by atoms with Gasteiger partial charge in [-0.3, -0.25) is 10.1 Å². The lowest BCUT2D eigenvalue weighted by Gasteiger charge is -2.33. The first-order valence-corrected chi connectivity index (χ1v) is 10.5. The van der Waals surface area contributed by atoms with E-state index in [4.69, 9.17) is 0 Å². The number of pyridine rings is 1. The van der Waals surface area contributed by atoms with E-state index in [1.54, 1.807) is 18.2 Å². The molecule has 10 heteroatoms. The third-order valence-electron chi connectivity index (χ3n) is 5.95. The predicted octanol–water partition coefficient (Wildman–Crippen LogP) is 2.59. The number of aliphatic hydroxyl groups excluding tert-OH is 1. The summed E-state index contributed by atoms with van der Waals surface area (Å²) in [6.45, 7) is 4.20. The lowest BCUT2D eigenvalue weighted by atomic mass is 10.1. The molecule has 0 amide bonds. The average molecular weight is 430 g/mol. The number of hydrogen-bond acceptors (Lipinski definition) is 8. The van der Waals surface area contributed by atoms with Crippen molar-refractivity contribution in [3.63, 3.8) is 0 Å². The number of rotatable bonds is 5. The Labute approximate surface area is 180 Å². The van der Waals surface area contributed by atoms with Gasteiger partial charge in [-0.05, 0) is 44.2 Å². The van der Waals surface area contributed by atoms with Crippen LogP contribution in [0.5, 0.6) is 0 Å². The first kappa shape index (κ1) is 21.3. The summed E-state index contributed by atoms with van der Waals surface area (Å²) in [7, 11) is 2.02. The van der Waals surface area contributed by atoms with Gasteiger partial charge in [0.15, 0.2) is 0 Å². The van der Waals surface area contributed by atoms with E-state index in [2.05, 4.69) is 15.2 Å². The van der Waals surface area contributed by atoms with Gasteiger partial charge in [-0.2, -0.15) is 0 Å². The highest BCUT2D eigenvalue weighted by atomic mass is 19.1. The third-order valence-corrected chi connectivity index (χ3v) is 5.95. The number of nitrogens with zero attached hydrogens (tertiary/aromatic N) is 5. The standard InChI is InChI=1S/C21H27FN6O3/c1-25-10-12-27(13-11-25)19-4-7-23-21(20(19)28(30)31)24-15-2-3-18(17(22)14-15)26-8-5-16(29)6-9-26/h2-4,7,14,16,29H,5-6,8-13H2,1H3,(H,23,24). The third kappa shape index (κ3) is 4.70. The molecule has 0 unspecified atom stereocenters. The van der Waals surface area contributed by atoms with E-state index in [1.165, 1.54) is 12.3 Å². The summed E-state index contributed by atoms with van der Waals surface area (Å²) in [5, 5.41) is 24.5. The highest BCUT2D eigenvalue weighted by Gasteiger charge is 2.27. The van der Waals surface area contributed by atoms with Crippen LogP contribution in [0.2, 0.25) is 0 Å². The number of aliphatic hydroxyl groups is 1. The molecule has 4 rings (SSSR count). The lowest BCUT2D eigenvalue weighted by molar-refractivity contribution is -0.383. The van der Waals surface area contributed by atoms with Gasteiger partial charge >= 0.3 is 5.69 Å². The van der Waals surface area contributed by atoms with Crippen molar-refractivity contribution in [2.45, 2.75) is 18.9 Å². The Morgan fingerprint density at radius 3 is 2.42 bits per heavy atom. The molecule has 1 aromatic carbocycles. The lowest BCUT2D eigenvalue weighted by Crippen LogP contribution is -2.44. The molecule has 2 aromatic rings. The van der Waals surface area contributed by atoms with Gasteiger partial charge in [0.25, 0.3) is 0 Å². The minimum atomic E-state index is -0.438. The van der Waals surface area contributed by atoms with Crippen molar-refractivity contribution in [3.8, 4) is 0 Å². The largest absolute Gasteiger partial charge is 0.393 e. The van der Waals surface area contributed by atoms with E-state index in [1.807, 2.05) is 16.8 Å². The number of benzene rings is 1. The van der Waals surface area contributed by atoms with E-state index >= 15 is 0 Å². The first-order valence-electron chi connectivity index (χ1n) is 10.5. The van der Waals surface area contributed by atoms with E-state index in [-0.39, 0.29) is 17.6 Å². The summed E-state index contributed by atoms with van der Waals surface area (Å²) >= 11 is 0. The Morgan fingerprint density at radius 1 is 1.10 bits per heavy atom. The molecule has 2 aliphatic heterocycles. The molecule has 0 bridgehead atoms. The van der Waals surface area contributed by atoms with Crippen LogP contribution in [0.15, 0.2) is 30.5 Å². The van der Waals surface area contributed by atoms with Crippen molar-refractivity contribution in [1.29, 1.82) is 0 Å². The Morgan fingerprint density at radius 2 is 1.77 bits per heavy atom. The fraction of sp³-hybridized carbons (Fsp3) is 0.476. The molecule has 0 atom stereocenters. The second-order valence-corrected chi connectivity index (χ2v) is 8.08. The van der Waals surface area contributed by atoms with Gasteiger partial charge in [0.2, 0.25) is 5.82 Å². The monoisotopic (exact) mass is 430 g/mol. The van der Waals surface area contributed by atoms with Gasteiger partial charge in [-0.15, -0.1) is 0 Å². The van der Waals surface area contributed by atoms with Gasteiger partial charge in [-0.25, -0.2) is 9.37 Å². The number of anilines is 4. The zero-order valence-corrected chi connectivity index (χ0v) is 17.5. The predicted molar refractivity (Wildman–Crippen MR) is 118 cm³/mol. The highest BCUT2D eigenvalue weighted by Crippen LogP contribution is 2.36. The normalized spacial score (nSPS) is 18.3. The van der Waals surface area contributed by atoms with Crippen LogP contribution in [-0.2, 0) is 0 Å². The maximum absolute atomic E-state index is 14.8. The number of aromatic nitrogens is 1. The number of nitro groups is 1. The quantitative estimate of drug-likeness (QED) is 0.552. The molecule has 2 N–H and O–H groups in total. The zero-order chi connectivity index (χ0) is 22.0. The van der Waals surface area contributed by atoms with Crippen LogP contribution in [0.4, 0.5) is 33.0 Å². The minimum absolute atomic E-state index is 0.0923. The minimum Gasteiger partial charge on any atom is -0.393 e. The number of hydrogen-bond donors (Lipinski definition) is 2. The molecule has 0 radical (unpaired) electrons. The molecule has 2 saturated heterocycles. The van der Waals surface area contributed by atoms with Crippen LogP contribution in [0.1, 0.15) is 12.8 Å². The van der Waals surface area contributed by atoms with E-state index in [9.17, 15) is 19.6 Å². The van der Waals surface area contributed by atoms with Gasteiger partial charge in [0.05, 0.1) is 16.7 Å². The van der Waals surface area contributed by atoms with Crippen LogP contribution in [0, 0.1) is 15.9 Å². The van der Waals surface area contributed by atoms with Crippen molar-refractivity contribution >= 4 is 28.6 Å². The van der Waals surface area contributed by atoms with Crippen LogP contribution in [-0.4, -0.2) is 72.3 Å². The molecule has 2 fully saturated rings. The molecule has 9 nitrogen and oxygen atoms in total. The molecule has 0 saturated carbocycles. The smallest absolute Gasteiger partial charge is 0.334 e. The Kier molecular flexibility index (Phi) is 6.19. The Bertz CT molecular complexity index is 943. The maximum Gasteiger partial charge on any atom is 0.334 e. The molecule has 2 aliphatic rings. The number of piperazine rings is 1. The number of nitrogens with one attached hydrogen (secondary N) is 1. The summed E-state index contributed by atoms with van der Waals surface area (Å²) in [4.78, 5) is 21.7. The summed E-state index contributed by atoms with van der Waals surface area (Å²) < 4.78 is 14.8. The Balaban J connectivity index is 1.57. The summed E-state index contributed by atoms with van der Waals surface area (Å²) in [6.07, 6.45) is 2.41. The molecule has 166 valence electrons. The van der Waals surface area contributed by atoms with Gasteiger partial charge in [0.1, 0.15) is 11.5 Å². The van der Waals surface area contributed by atoms with Crippen molar-refractivity contribution < 1.29 is 14.4 Å². The van der Waals surface area contributed by atoms with E-state index < -0.39 is 10.7 Å². The van der Waals surface area contributed by atoms with Crippen molar-refractivity contribution in [1.82, 2.24) is 9.88 Å². The maximum atomic E-state index is 14.8. The Hall–Kier alpha value is -2.98. The molecular formula is C21H27FN6O3. The van der Waals surface area contributed by atoms with Gasteiger partial charge in [0, 0.05) is 51.2 Å².